The second kappa shape index (κ2) is 7.11. The Kier molecular flexibility index (Phi) is 5.78. The SMILES string of the molecule is C#C.OC(C1=CC=C(P)CC1)c1ccc(F)cc1. The van der Waals surface area contributed by atoms with Crippen molar-refractivity contribution in [2.24, 2.45) is 0 Å². The van der Waals surface area contributed by atoms with Crippen LogP contribution in [-0.2, 0) is 0 Å². The quantitative estimate of drug-likeness (QED) is 0.638. The average Bonchev–Trinajstić information content (AvgIpc) is 2.42. The number of benzene rings is 1. The van der Waals surface area contributed by atoms with Gasteiger partial charge in [-0.3, -0.25) is 0 Å². The first-order valence-electron chi connectivity index (χ1n) is 5.59. The van der Waals surface area contributed by atoms with E-state index in [0.29, 0.717) is 0 Å². The van der Waals surface area contributed by atoms with E-state index in [1.165, 1.54) is 17.4 Å². The van der Waals surface area contributed by atoms with E-state index in [4.69, 9.17) is 0 Å². The van der Waals surface area contributed by atoms with Crippen molar-refractivity contribution in [1.29, 1.82) is 0 Å². The molecule has 2 rings (SSSR count). The number of halogens is 1. The summed E-state index contributed by atoms with van der Waals surface area (Å²) in [5.41, 5.74) is 1.73. The number of rotatable bonds is 2. The molecule has 3 heteroatoms. The molecule has 0 aromatic heterocycles. The topological polar surface area (TPSA) is 20.2 Å². The van der Waals surface area contributed by atoms with Crippen molar-refractivity contribution in [2.75, 3.05) is 0 Å². The van der Waals surface area contributed by atoms with E-state index in [0.717, 1.165) is 24.0 Å². The van der Waals surface area contributed by atoms with Gasteiger partial charge in [-0.25, -0.2) is 4.39 Å². The van der Waals surface area contributed by atoms with Crippen molar-refractivity contribution in [3.63, 3.8) is 0 Å². The lowest BCUT2D eigenvalue weighted by Gasteiger charge is -2.18. The van der Waals surface area contributed by atoms with Gasteiger partial charge in [0.25, 0.3) is 0 Å². The first-order chi connectivity index (χ1) is 8.66. The minimum atomic E-state index is -0.616. The molecule has 2 atom stereocenters. The van der Waals surface area contributed by atoms with E-state index in [2.05, 4.69) is 22.1 Å². The second-order valence-electron chi connectivity index (χ2n) is 3.94. The lowest BCUT2D eigenvalue weighted by molar-refractivity contribution is 0.211. The molecule has 1 aliphatic rings. The standard InChI is InChI=1S/C13H14FOP.C2H2/c14-11-5-1-9(2-6-11)13(15)10-3-7-12(16)8-4-10;1-2/h1-3,5-7,13,15H,4,8,16H2;1-2H. The van der Waals surface area contributed by atoms with Crippen molar-refractivity contribution in [3.05, 3.63) is 58.7 Å². The molecule has 0 radical (unpaired) electrons. The fourth-order valence-corrected chi connectivity index (χ4v) is 2.00. The van der Waals surface area contributed by atoms with Gasteiger partial charge in [-0.2, -0.15) is 0 Å². The minimum absolute atomic E-state index is 0.277. The smallest absolute Gasteiger partial charge is 0.123 e. The highest BCUT2D eigenvalue weighted by Crippen LogP contribution is 2.31. The van der Waals surface area contributed by atoms with Crippen LogP contribution < -0.4 is 0 Å². The molecule has 1 nitrogen and oxygen atoms in total. The van der Waals surface area contributed by atoms with Gasteiger partial charge in [0.15, 0.2) is 0 Å². The van der Waals surface area contributed by atoms with E-state index >= 15 is 0 Å². The molecule has 0 bridgehead atoms. The Morgan fingerprint density at radius 3 is 2.22 bits per heavy atom. The summed E-state index contributed by atoms with van der Waals surface area (Å²) in [5, 5.41) is 11.3. The number of aliphatic hydroxyl groups is 1. The van der Waals surface area contributed by atoms with Crippen LogP contribution in [0, 0.1) is 18.7 Å². The largest absolute Gasteiger partial charge is 0.384 e. The van der Waals surface area contributed by atoms with Gasteiger partial charge >= 0.3 is 0 Å². The van der Waals surface area contributed by atoms with Crippen molar-refractivity contribution in [2.45, 2.75) is 18.9 Å². The number of aliphatic hydroxyl groups excluding tert-OH is 1. The van der Waals surface area contributed by atoms with Crippen LogP contribution >= 0.6 is 9.24 Å². The maximum atomic E-state index is 12.7. The van der Waals surface area contributed by atoms with Crippen LogP contribution in [0.5, 0.6) is 0 Å². The molecule has 2 unspecified atom stereocenters. The number of hydrogen-bond acceptors (Lipinski definition) is 1. The number of terminal acetylenes is 1. The highest BCUT2D eigenvalue weighted by molar-refractivity contribution is 7.22. The Hall–Kier alpha value is -1.42. The third-order valence-electron chi connectivity index (χ3n) is 2.75. The molecule has 0 heterocycles. The summed E-state index contributed by atoms with van der Waals surface area (Å²) < 4.78 is 12.7. The van der Waals surface area contributed by atoms with Crippen LogP contribution in [0.15, 0.2) is 47.3 Å². The van der Waals surface area contributed by atoms with Crippen molar-refractivity contribution in [1.82, 2.24) is 0 Å². The monoisotopic (exact) mass is 262 g/mol. The maximum Gasteiger partial charge on any atom is 0.123 e. The predicted octanol–water partition coefficient (Wildman–Crippen LogP) is 3.59. The fraction of sp³-hybridized carbons (Fsp3) is 0.200. The third kappa shape index (κ3) is 3.81. The molecular formula is C15H16FOP. The van der Waals surface area contributed by atoms with Gasteiger partial charge in [-0.1, -0.05) is 29.6 Å². The Morgan fingerprint density at radius 1 is 1.11 bits per heavy atom. The summed E-state index contributed by atoms with van der Waals surface area (Å²) in [4.78, 5) is 0. The molecule has 0 amide bonds. The highest BCUT2D eigenvalue weighted by Gasteiger charge is 2.14. The normalized spacial score (nSPS) is 15.8. The van der Waals surface area contributed by atoms with Gasteiger partial charge in [0, 0.05) is 0 Å². The summed E-state index contributed by atoms with van der Waals surface area (Å²) in [6.45, 7) is 0. The summed E-state index contributed by atoms with van der Waals surface area (Å²) in [7, 11) is 2.67. The van der Waals surface area contributed by atoms with Crippen LogP contribution in [0.4, 0.5) is 4.39 Å². The minimum Gasteiger partial charge on any atom is -0.384 e. The molecule has 0 saturated heterocycles. The van der Waals surface area contributed by atoms with E-state index in [-0.39, 0.29) is 5.82 Å². The zero-order chi connectivity index (χ0) is 13.5. The van der Waals surface area contributed by atoms with Gasteiger partial charge in [0.05, 0.1) is 0 Å². The van der Waals surface area contributed by atoms with E-state index < -0.39 is 6.10 Å². The number of allylic oxidation sites excluding steroid dienone is 3. The summed E-state index contributed by atoms with van der Waals surface area (Å²) >= 11 is 0. The van der Waals surface area contributed by atoms with Gasteiger partial charge in [0.2, 0.25) is 0 Å². The van der Waals surface area contributed by atoms with Crippen LogP contribution in [0.25, 0.3) is 0 Å². The lowest BCUT2D eigenvalue weighted by atomic mass is 9.95. The summed E-state index contributed by atoms with van der Waals surface area (Å²) in [6.07, 6.45) is 13.1. The van der Waals surface area contributed by atoms with E-state index in [1.807, 2.05) is 12.2 Å². The van der Waals surface area contributed by atoms with E-state index in [1.54, 1.807) is 12.1 Å². The van der Waals surface area contributed by atoms with Gasteiger partial charge < -0.3 is 5.11 Å². The van der Waals surface area contributed by atoms with Crippen molar-refractivity contribution in [3.8, 4) is 12.8 Å². The summed E-state index contributed by atoms with van der Waals surface area (Å²) in [5.74, 6) is -0.277. The molecule has 0 spiro atoms. The van der Waals surface area contributed by atoms with Gasteiger partial charge in [0.1, 0.15) is 11.9 Å². The average molecular weight is 262 g/mol. The first-order valence-corrected chi connectivity index (χ1v) is 6.16. The molecule has 0 saturated carbocycles. The fourth-order valence-electron chi connectivity index (χ4n) is 1.76. The Labute approximate surface area is 110 Å². The Balaban J connectivity index is 0.000000771. The summed E-state index contributed by atoms with van der Waals surface area (Å²) in [6, 6.07) is 6.00. The molecule has 1 aromatic carbocycles. The van der Waals surface area contributed by atoms with Crippen molar-refractivity contribution < 1.29 is 9.50 Å². The third-order valence-corrected chi connectivity index (χ3v) is 3.23. The molecule has 0 fully saturated rings. The highest BCUT2D eigenvalue weighted by atomic mass is 31.0. The molecular weight excluding hydrogens is 246 g/mol. The van der Waals surface area contributed by atoms with Crippen LogP contribution in [0.1, 0.15) is 24.5 Å². The number of hydrogen-bond donors (Lipinski definition) is 1. The zero-order valence-corrected chi connectivity index (χ0v) is 11.2. The molecule has 18 heavy (non-hydrogen) atoms. The predicted molar refractivity (Wildman–Crippen MR) is 76.4 cm³/mol. The molecule has 94 valence electrons. The molecule has 1 aliphatic carbocycles. The molecule has 0 aliphatic heterocycles. The zero-order valence-electron chi connectivity index (χ0n) is 10.0. The molecule has 1 aromatic rings. The molecule has 1 N–H and O–H groups in total. The van der Waals surface area contributed by atoms with Crippen LogP contribution in [-0.4, -0.2) is 5.11 Å². The maximum absolute atomic E-state index is 12.7. The Bertz CT molecular complexity index is 471. The van der Waals surface area contributed by atoms with Crippen LogP contribution in [0.3, 0.4) is 0 Å². The lowest BCUT2D eigenvalue weighted by Crippen LogP contribution is -2.03. The Morgan fingerprint density at radius 2 is 1.72 bits per heavy atom. The second-order valence-corrected chi connectivity index (χ2v) is 4.68. The van der Waals surface area contributed by atoms with Gasteiger partial charge in [-0.15, -0.1) is 22.1 Å². The van der Waals surface area contributed by atoms with Gasteiger partial charge in [-0.05, 0) is 36.1 Å². The van der Waals surface area contributed by atoms with Crippen LogP contribution in [0.2, 0.25) is 0 Å². The van der Waals surface area contributed by atoms with E-state index in [9.17, 15) is 9.50 Å². The van der Waals surface area contributed by atoms with Crippen molar-refractivity contribution >= 4 is 9.24 Å². The first kappa shape index (κ1) is 14.6.